The molecular weight excluding hydrogens is 326 g/mol. The Labute approximate surface area is 147 Å². The molecular formula is C19H22ClNO3. The van der Waals surface area contributed by atoms with Gasteiger partial charge in [-0.2, -0.15) is 0 Å². The first-order valence-corrected chi connectivity index (χ1v) is 8.46. The van der Waals surface area contributed by atoms with Gasteiger partial charge in [-0.15, -0.1) is 0 Å². The monoisotopic (exact) mass is 347 g/mol. The first-order valence-electron chi connectivity index (χ1n) is 8.08. The maximum atomic E-state index is 5.94. The summed E-state index contributed by atoms with van der Waals surface area (Å²) in [6, 6.07) is 15.6. The van der Waals surface area contributed by atoms with Crippen LogP contribution in [0.5, 0.6) is 11.5 Å². The minimum absolute atomic E-state index is 0.0669. The first-order chi connectivity index (χ1) is 11.7. The summed E-state index contributed by atoms with van der Waals surface area (Å²) < 4.78 is 16.9. The SMILES string of the molecule is COc1cccc(OC[C@@H]2CN(Cc3ccc(Cl)cc3)CCO2)c1. The summed E-state index contributed by atoms with van der Waals surface area (Å²) >= 11 is 5.94. The van der Waals surface area contributed by atoms with Crippen LogP contribution in [0.15, 0.2) is 48.5 Å². The molecule has 4 nitrogen and oxygen atoms in total. The number of hydrogen-bond donors (Lipinski definition) is 0. The van der Waals surface area contributed by atoms with Crippen molar-refractivity contribution >= 4 is 11.6 Å². The third-order valence-electron chi connectivity index (χ3n) is 4.02. The standard InChI is InChI=1S/C19H22ClNO3/c1-22-17-3-2-4-18(11-17)24-14-19-13-21(9-10-23-19)12-15-5-7-16(20)8-6-15/h2-8,11,19H,9-10,12-14H2,1H3/t19-/m0/s1. The molecule has 2 aromatic carbocycles. The average molecular weight is 348 g/mol. The van der Waals surface area contributed by atoms with Crippen LogP contribution in [0.1, 0.15) is 5.56 Å². The van der Waals surface area contributed by atoms with Crippen molar-refractivity contribution in [1.29, 1.82) is 0 Å². The Hall–Kier alpha value is -1.75. The van der Waals surface area contributed by atoms with E-state index in [-0.39, 0.29) is 6.10 Å². The molecule has 0 spiro atoms. The van der Waals surface area contributed by atoms with Crippen LogP contribution < -0.4 is 9.47 Å². The van der Waals surface area contributed by atoms with Crippen molar-refractivity contribution in [2.75, 3.05) is 33.4 Å². The zero-order valence-corrected chi connectivity index (χ0v) is 14.5. The van der Waals surface area contributed by atoms with Crippen LogP contribution in [0, 0.1) is 0 Å². The van der Waals surface area contributed by atoms with E-state index in [0.717, 1.165) is 42.8 Å². The van der Waals surface area contributed by atoms with E-state index in [4.69, 9.17) is 25.8 Å². The zero-order chi connectivity index (χ0) is 16.8. The summed E-state index contributed by atoms with van der Waals surface area (Å²) in [5.74, 6) is 1.59. The average Bonchev–Trinajstić information content (AvgIpc) is 2.62. The second-order valence-electron chi connectivity index (χ2n) is 5.84. The van der Waals surface area contributed by atoms with Crippen molar-refractivity contribution in [1.82, 2.24) is 4.90 Å². The van der Waals surface area contributed by atoms with E-state index in [1.807, 2.05) is 36.4 Å². The van der Waals surface area contributed by atoms with Crippen LogP contribution in [-0.4, -0.2) is 44.4 Å². The number of nitrogens with zero attached hydrogens (tertiary/aromatic N) is 1. The predicted molar refractivity (Wildman–Crippen MR) is 95.0 cm³/mol. The number of ether oxygens (including phenoxy) is 3. The molecule has 0 aromatic heterocycles. The van der Waals surface area contributed by atoms with Crippen molar-refractivity contribution < 1.29 is 14.2 Å². The molecule has 5 heteroatoms. The number of rotatable bonds is 6. The molecule has 1 heterocycles. The van der Waals surface area contributed by atoms with E-state index in [0.29, 0.717) is 6.61 Å². The lowest BCUT2D eigenvalue weighted by Crippen LogP contribution is -2.44. The van der Waals surface area contributed by atoms with Gasteiger partial charge in [0.05, 0.1) is 13.7 Å². The maximum absolute atomic E-state index is 5.94. The van der Waals surface area contributed by atoms with Crippen LogP contribution in [0.2, 0.25) is 5.02 Å². The Morgan fingerprint density at radius 1 is 1.17 bits per heavy atom. The molecule has 0 radical (unpaired) electrons. The highest BCUT2D eigenvalue weighted by Crippen LogP contribution is 2.20. The summed E-state index contributed by atoms with van der Waals surface area (Å²) in [6.07, 6.45) is 0.0669. The normalized spacial score (nSPS) is 18.3. The van der Waals surface area contributed by atoms with Gasteiger partial charge in [0.25, 0.3) is 0 Å². The molecule has 0 saturated carbocycles. The minimum atomic E-state index is 0.0669. The highest BCUT2D eigenvalue weighted by atomic mass is 35.5. The number of morpholine rings is 1. The lowest BCUT2D eigenvalue weighted by molar-refractivity contribution is -0.0504. The summed E-state index contributed by atoms with van der Waals surface area (Å²) in [7, 11) is 1.65. The van der Waals surface area contributed by atoms with Crippen LogP contribution in [0.25, 0.3) is 0 Å². The number of halogens is 1. The second kappa shape index (κ2) is 8.38. The van der Waals surface area contributed by atoms with Crippen LogP contribution >= 0.6 is 11.6 Å². The molecule has 0 N–H and O–H groups in total. The fraction of sp³-hybridized carbons (Fsp3) is 0.368. The van der Waals surface area contributed by atoms with E-state index in [2.05, 4.69) is 17.0 Å². The van der Waals surface area contributed by atoms with Crippen molar-refractivity contribution in [3.05, 3.63) is 59.1 Å². The van der Waals surface area contributed by atoms with E-state index in [1.165, 1.54) is 5.56 Å². The molecule has 1 aliphatic heterocycles. The molecule has 0 amide bonds. The van der Waals surface area contributed by atoms with Crippen molar-refractivity contribution in [3.63, 3.8) is 0 Å². The Morgan fingerprint density at radius 3 is 2.75 bits per heavy atom. The quantitative estimate of drug-likeness (QED) is 0.798. The topological polar surface area (TPSA) is 30.9 Å². The second-order valence-corrected chi connectivity index (χ2v) is 6.28. The third-order valence-corrected chi connectivity index (χ3v) is 4.27. The van der Waals surface area contributed by atoms with Crippen LogP contribution in [0.4, 0.5) is 0 Å². The summed E-state index contributed by atoms with van der Waals surface area (Å²) in [6.45, 7) is 3.94. The summed E-state index contributed by atoms with van der Waals surface area (Å²) in [5.41, 5.74) is 1.26. The Balaban J connectivity index is 1.50. The Bertz CT molecular complexity index is 647. The van der Waals surface area contributed by atoms with Gasteiger partial charge >= 0.3 is 0 Å². The fourth-order valence-electron chi connectivity index (χ4n) is 2.75. The largest absolute Gasteiger partial charge is 0.497 e. The van der Waals surface area contributed by atoms with E-state index in [1.54, 1.807) is 7.11 Å². The van der Waals surface area contributed by atoms with Crippen molar-refractivity contribution in [2.45, 2.75) is 12.6 Å². The minimum Gasteiger partial charge on any atom is -0.497 e. The molecule has 0 unspecified atom stereocenters. The van der Waals surface area contributed by atoms with Gasteiger partial charge in [-0.25, -0.2) is 0 Å². The molecule has 3 rings (SSSR count). The first kappa shape index (κ1) is 17.1. The highest BCUT2D eigenvalue weighted by molar-refractivity contribution is 6.30. The fourth-order valence-corrected chi connectivity index (χ4v) is 2.88. The van der Waals surface area contributed by atoms with Gasteiger partial charge < -0.3 is 14.2 Å². The lowest BCUT2D eigenvalue weighted by Gasteiger charge is -2.32. The van der Waals surface area contributed by atoms with Gasteiger partial charge in [0.2, 0.25) is 0 Å². The van der Waals surface area contributed by atoms with E-state index in [9.17, 15) is 0 Å². The third kappa shape index (κ3) is 4.87. The molecule has 0 bridgehead atoms. The van der Waals surface area contributed by atoms with Gasteiger partial charge in [-0.05, 0) is 29.8 Å². The van der Waals surface area contributed by atoms with Crippen LogP contribution in [0.3, 0.4) is 0 Å². The number of benzene rings is 2. The zero-order valence-electron chi connectivity index (χ0n) is 13.8. The van der Waals surface area contributed by atoms with Gasteiger partial charge in [0.1, 0.15) is 24.2 Å². The predicted octanol–water partition coefficient (Wildman–Crippen LogP) is 3.63. The molecule has 128 valence electrons. The highest BCUT2D eigenvalue weighted by Gasteiger charge is 2.21. The smallest absolute Gasteiger partial charge is 0.123 e. The van der Waals surface area contributed by atoms with Gasteiger partial charge in [-0.3, -0.25) is 4.90 Å². The molecule has 24 heavy (non-hydrogen) atoms. The van der Waals surface area contributed by atoms with E-state index < -0.39 is 0 Å². The molecule has 1 aliphatic rings. The molecule has 1 saturated heterocycles. The van der Waals surface area contributed by atoms with Crippen molar-refractivity contribution in [2.24, 2.45) is 0 Å². The number of methoxy groups -OCH3 is 1. The molecule has 0 aliphatic carbocycles. The Kier molecular flexibility index (Phi) is 5.96. The van der Waals surface area contributed by atoms with Crippen molar-refractivity contribution in [3.8, 4) is 11.5 Å². The molecule has 2 aromatic rings. The van der Waals surface area contributed by atoms with Gasteiger partial charge in [0, 0.05) is 30.7 Å². The Morgan fingerprint density at radius 2 is 1.96 bits per heavy atom. The van der Waals surface area contributed by atoms with Gasteiger partial charge in [-0.1, -0.05) is 29.8 Å². The van der Waals surface area contributed by atoms with Gasteiger partial charge in [0.15, 0.2) is 0 Å². The van der Waals surface area contributed by atoms with E-state index >= 15 is 0 Å². The molecule has 1 fully saturated rings. The summed E-state index contributed by atoms with van der Waals surface area (Å²) in [5, 5.41) is 0.769. The summed E-state index contributed by atoms with van der Waals surface area (Å²) in [4.78, 5) is 2.38. The lowest BCUT2D eigenvalue weighted by atomic mass is 10.2. The maximum Gasteiger partial charge on any atom is 0.123 e. The van der Waals surface area contributed by atoms with Crippen LogP contribution in [-0.2, 0) is 11.3 Å². The molecule has 1 atom stereocenters. The number of hydrogen-bond acceptors (Lipinski definition) is 4.